The fourth-order valence-corrected chi connectivity index (χ4v) is 3.54. The van der Waals surface area contributed by atoms with Crippen LogP contribution in [0.5, 0.6) is 0 Å². The Kier molecular flexibility index (Phi) is 5.77. The molecule has 1 atom stereocenters. The number of aromatic nitrogens is 1. The van der Waals surface area contributed by atoms with Gasteiger partial charge in [0.1, 0.15) is 0 Å². The number of nitrogens with zero attached hydrogens (tertiary/aromatic N) is 1. The van der Waals surface area contributed by atoms with Gasteiger partial charge in [-0.05, 0) is 37.5 Å². The van der Waals surface area contributed by atoms with Crippen LogP contribution in [-0.4, -0.2) is 17.0 Å². The lowest BCUT2D eigenvalue weighted by atomic mass is 9.87. The van der Waals surface area contributed by atoms with Crippen LogP contribution >= 0.6 is 0 Å². The largest absolute Gasteiger partial charge is 0.356 e. The molecule has 0 fully saturated rings. The van der Waals surface area contributed by atoms with Crippen molar-refractivity contribution in [2.24, 2.45) is 0 Å². The Bertz CT molecular complexity index is 877. The number of carbonyl (C=O) groups excluding carboxylic acids is 1. The molecule has 0 spiro atoms. The van der Waals surface area contributed by atoms with Crippen molar-refractivity contribution in [2.45, 2.75) is 46.1 Å². The lowest BCUT2D eigenvalue weighted by Crippen LogP contribution is -2.26. The quantitative estimate of drug-likeness (QED) is 0.639. The Morgan fingerprint density at radius 1 is 1.08 bits per heavy atom. The van der Waals surface area contributed by atoms with Crippen LogP contribution in [0.4, 0.5) is 0 Å². The second-order valence-electron chi connectivity index (χ2n) is 6.90. The molecular weight excluding hydrogens is 320 g/mol. The van der Waals surface area contributed by atoms with Crippen LogP contribution < -0.4 is 5.32 Å². The van der Waals surface area contributed by atoms with E-state index in [1.807, 2.05) is 0 Å². The van der Waals surface area contributed by atoms with E-state index in [9.17, 15) is 4.79 Å². The number of hydrogen-bond donors (Lipinski definition) is 1. The van der Waals surface area contributed by atoms with Crippen LogP contribution in [0.25, 0.3) is 10.9 Å². The van der Waals surface area contributed by atoms with Crippen LogP contribution in [0.3, 0.4) is 0 Å². The van der Waals surface area contributed by atoms with E-state index < -0.39 is 0 Å². The predicted molar refractivity (Wildman–Crippen MR) is 109 cm³/mol. The maximum absolute atomic E-state index is 12.5. The summed E-state index contributed by atoms with van der Waals surface area (Å²) in [7, 11) is 0. The highest BCUT2D eigenvalue weighted by molar-refractivity contribution is 5.86. The number of aryl methyl sites for hydroxylation is 2. The van der Waals surface area contributed by atoms with Gasteiger partial charge < -0.3 is 9.88 Å². The van der Waals surface area contributed by atoms with Crippen molar-refractivity contribution < 1.29 is 4.79 Å². The zero-order valence-electron chi connectivity index (χ0n) is 16.0. The first kappa shape index (κ1) is 18.2. The first-order valence-electron chi connectivity index (χ1n) is 9.55. The van der Waals surface area contributed by atoms with Crippen molar-refractivity contribution in [1.29, 1.82) is 0 Å². The molecule has 3 rings (SSSR count). The highest BCUT2D eigenvalue weighted by Gasteiger charge is 2.22. The minimum absolute atomic E-state index is 0.0603. The molecule has 0 saturated heterocycles. The summed E-state index contributed by atoms with van der Waals surface area (Å²) in [5.74, 6) is 0.177. The number of amides is 1. The van der Waals surface area contributed by atoms with Gasteiger partial charge in [0.2, 0.25) is 5.91 Å². The van der Waals surface area contributed by atoms with Crippen LogP contribution in [-0.2, 0) is 11.3 Å². The van der Waals surface area contributed by atoms with Crippen molar-refractivity contribution in [2.75, 3.05) is 6.54 Å². The van der Waals surface area contributed by atoms with E-state index in [0.717, 1.165) is 19.5 Å². The van der Waals surface area contributed by atoms with Gasteiger partial charge in [0.05, 0.1) is 0 Å². The summed E-state index contributed by atoms with van der Waals surface area (Å²) in [4.78, 5) is 12.5. The number of rotatable bonds is 7. The lowest BCUT2D eigenvalue weighted by Gasteiger charge is -2.17. The third kappa shape index (κ3) is 3.82. The normalized spacial score (nSPS) is 12.3. The maximum atomic E-state index is 12.5. The third-order valence-corrected chi connectivity index (χ3v) is 4.98. The average Bonchev–Trinajstić information content (AvgIpc) is 3.04. The summed E-state index contributed by atoms with van der Waals surface area (Å²) < 4.78 is 2.27. The molecule has 0 radical (unpaired) electrons. The highest BCUT2D eigenvalue weighted by Crippen LogP contribution is 2.34. The molecule has 26 heavy (non-hydrogen) atoms. The first-order chi connectivity index (χ1) is 12.6. The van der Waals surface area contributed by atoms with Crippen molar-refractivity contribution in [3.63, 3.8) is 0 Å². The molecule has 0 aliphatic heterocycles. The van der Waals surface area contributed by atoms with E-state index >= 15 is 0 Å². The van der Waals surface area contributed by atoms with E-state index in [0.29, 0.717) is 6.42 Å². The Hall–Kier alpha value is -2.55. The third-order valence-electron chi connectivity index (χ3n) is 4.98. The molecule has 2 aromatic carbocycles. The smallest absolute Gasteiger partial charge is 0.220 e. The maximum Gasteiger partial charge on any atom is 0.220 e. The molecule has 136 valence electrons. The van der Waals surface area contributed by atoms with Gasteiger partial charge >= 0.3 is 0 Å². The molecule has 1 amide bonds. The minimum Gasteiger partial charge on any atom is -0.356 e. The van der Waals surface area contributed by atoms with Gasteiger partial charge in [0.25, 0.3) is 0 Å². The van der Waals surface area contributed by atoms with Crippen LogP contribution in [0.1, 0.15) is 49.3 Å². The summed E-state index contributed by atoms with van der Waals surface area (Å²) >= 11 is 0. The summed E-state index contributed by atoms with van der Waals surface area (Å²) in [6.45, 7) is 7.98. The van der Waals surface area contributed by atoms with Crippen molar-refractivity contribution in [3.8, 4) is 0 Å². The van der Waals surface area contributed by atoms with E-state index in [1.54, 1.807) is 0 Å². The Morgan fingerprint density at radius 3 is 2.50 bits per heavy atom. The molecule has 0 saturated carbocycles. The lowest BCUT2D eigenvalue weighted by molar-refractivity contribution is -0.121. The molecule has 1 aromatic heterocycles. The zero-order valence-corrected chi connectivity index (χ0v) is 16.0. The molecule has 0 aliphatic carbocycles. The SMILES string of the molecule is CCCNC(=O)C[C@@H](c1ccc(C)cc1)c1cn(CC)c2ccccc12. The minimum atomic E-state index is 0.0603. The van der Waals surface area contributed by atoms with Gasteiger partial charge in [0.15, 0.2) is 0 Å². The van der Waals surface area contributed by atoms with Crippen molar-refractivity contribution in [3.05, 3.63) is 71.4 Å². The van der Waals surface area contributed by atoms with Gasteiger partial charge in [-0.2, -0.15) is 0 Å². The van der Waals surface area contributed by atoms with Crippen LogP contribution in [0.15, 0.2) is 54.7 Å². The summed E-state index contributed by atoms with van der Waals surface area (Å²) in [6.07, 6.45) is 3.65. The summed E-state index contributed by atoms with van der Waals surface area (Å²) in [6, 6.07) is 17.1. The molecule has 3 heteroatoms. The monoisotopic (exact) mass is 348 g/mol. The molecule has 1 N–H and O–H groups in total. The summed E-state index contributed by atoms with van der Waals surface area (Å²) in [5.41, 5.74) is 4.90. The number of para-hydroxylation sites is 1. The molecule has 3 aromatic rings. The van der Waals surface area contributed by atoms with Gasteiger partial charge in [-0.25, -0.2) is 0 Å². The van der Waals surface area contributed by atoms with Crippen molar-refractivity contribution >= 4 is 16.8 Å². The van der Waals surface area contributed by atoms with E-state index in [4.69, 9.17) is 0 Å². The van der Waals surface area contributed by atoms with Gasteiger partial charge in [0, 0.05) is 42.5 Å². The number of hydrogen-bond acceptors (Lipinski definition) is 1. The zero-order chi connectivity index (χ0) is 18.5. The number of fused-ring (bicyclic) bond motifs is 1. The molecule has 0 bridgehead atoms. The highest BCUT2D eigenvalue weighted by atomic mass is 16.1. The van der Waals surface area contributed by atoms with Gasteiger partial charge in [-0.1, -0.05) is 55.0 Å². The standard InChI is InChI=1S/C23H28N2O/c1-4-14-24-23(26)15-20(18-12-10-17(3)11-13-18)21-16-25(5-2)22-9-7-6-8-19(21)22/h6-13,16,20H,4-5,14-15H2,1-3H3,(H,24,26)/t20-/m0/s1. The molecular formula is C23H28N2O. The van der Waals surface area contributed by atoms with Gasteiger partial charge in [-0.15, -0.1) is 0 Å². The fourth-order valence-electron chi connectivity index (χ4n) is 3.54. The van der Waals surface area contributed by atoms with Crippen LogP contribution in [0, 0.1) is 6.92 Å². The second-order valence-corrected chi connectivity index (χ2v) is 6.90. The van der Waals surface area contributed by atoms with Crippen LogP contribution in [0.2, 0.25) is 0 Å². The topological polar surface area (TPSA) is 34.0 Å². The molecule has 1 heterocycles. The van der Waals surface area contributed by atoms with E-state index in [-0.39, 0.29) is 11.8 Å². The van der Waals surface area contributed by atoms with Crippen molar-refractivity contribution in [1.82, 2.24) is 9.88 Å². The predicted octanol–water partition coefficient (Wildman–Crippen LogP) is 5.02. The number of nitrogens with one attached hydrogen (secondary N) is 1. The summed E-state index contributed by atoms with van der Waals surface area (Å²) in [5, 5.41) is 4.28. The molecule has 3 nitrogen and oxygen atoms in total. The Balaban J connectivity index is 2.05. The first-order valence-corrected chi connectivity index (χ1v) is 9.55. The fraction of sp³-hybridized carbons (Fsp3) is 0.348. The second kappa shape index (κ2) is 8.22. The van der Waals surface area contributed by atoms with Gasteiger partial charge in [-0.3, -0.25) is 4.79 Å². The van der Waals surface area contributed by atoms with E-state index in [1.165, 1.54) is 27.6 Å². The number of carbonyl (C=O) groups is 1. The molecule has 0 aliphatic rings. The Morgan fingerprint density at radius 2 is 1.81 bits per heavy atom. The molecule has 0 unspecified atom stereocenters. The Labute approximate surface area is 156 Å². The van der Waals surface area contributed by atoms with E-state index in [2.05, 4.69) is 85.4 Å². The number of benzene rings is 2. The average molecular weight is 348 g/mol.